The monoisotopic (exact) mass is 213 g/mol. The lowest BCUT2D eigenvalue weighted by atomic mass is 10.4. The van der Waals surface area contributed by atoms with E-state index in [2.05, 4.69) is 9.97 Å². The van der Waals surface area contributed by atoms with Crippen LogP contribution in [-0.4, -0.2) is 31.7 Å². The number of rotatable bonds is 2. The number of aromatic nitrogens is 2. The highest BCUT2D eigenvalue weighted by atomic mass is 32.2. The van der Waals surface area contributed by atoms with Gasteiger partial charge in [-0.1, -0.05) is 0 Å². The van der Waals surface area contributed by atoms with E-state index >= 15 is 0 Å². The van der Waals surface area contributed by atoms with Gasteiger partial charge in [-0.15, -0.1) is 0 Å². The van der Waals surface area contributed by atoms with Crippen LogP contribution in [0.2, 0.25) is 0 Å². The number of nitrogens with zero attached hydrogens (tertiary/aromatic N) is 4. The molecule has 0 saturated heterocycles. The van der Waals surface area contributed by atoms with Crippen LogP contribution in [-0.2, 0) is 10.0 Å². The molecule has 6 nitrogen and oxygen atoms in total. The molecule has 0 bridgehead atoms. The molecule has 1 heterocycles. The van der Waals surface area contributed by atoms with Crippen molar-refractivity contribution in [1.29, 1.82) is 5.26 Å². The molecule has 1 aromatic rings. The highest BCUT2D eigenvalue weighted by Gasteiger charge is 2.17. The Morgan fingerprint density at radius 3 is 2.71 bits per heavy atom. The van der Waals surface area contributed by atoms with Crippen molar-refractivity contribution < 1.29 is 9.79 Å². The van der Waals surface area contributed by atoms with Gasteiger partial charge < -0.3 is 0 Å². The second-order valence-electron chi connectivity index (χ2n) is 2.45. The Hall–Kier alpha value is -1.68. The Labute approximate surface area is 83.3 Å². The molecule has 0 radical (unpaired) electrons. The number of sulfonamides is 1. The molecule has 0 spiro atoms. The Morgan fingerprint density at radius 2 is 2.21 bits per heavy atom. The summed E-state index contributed by atoms with van der Waals surface area (Å²) in [6.45, 7) is 0. The van der Waals surface area contributed by atoms with E-state index in [4.69, 9.17) is 6.63 Å². The van der Waals surface area contributed by atoms with E-state index in [1.807, 2.05) is 0 Å². The highest BCUT2D eigenvalue weighted by molar-refractivity contribution is 7.92. The molecule has 0 N–H and O–H groups in total. The fraction of sp³-hybridized carbons (Fsp3) is 0.286. The molecule has 0 saturated carbocycles. The zero-order chi connectivity index (χ0) is 11.5. The fourth-order valence-corrected chi connectivity index (χ4v) is 1.20. The summed E-state index contributed by atoms with van der Waals surface area (Å²) in [5.41, 5.74) is -0.116. The predicted octanol–water partition coefficient (Wildman–Crippen LogP) is -0.256. The molecular formula is C7H8N4O2S. The first-order valence-corrected chi connectivity index (χ1v) is 5.33. The van der Waals surface area contributed by atoms with Gasteiger partial charge in [0.05, 0.1) is 6.26 Å². The Morgan fingerprint density at radius 1 is 1.57 bits per heavy atom. The summed E-state index contributed by atoms with van der Waals surface area (Å²) >= 11 is 0. The Balaban J connectivity index is 3.32. The van der Waals surface area contributed by atoms with Crippen LogP contribution in [0, 0.1) is 11.3 Å². The summed E-state index contributed by atoms with van der Waals surface area (Å²) in [6.07, 6.45) is 3.49. The number of anilines is 1. The summed E-state index contributed by atoms with van der Waals surface area (Å²) in [5.74, 6) is -0.113. The average molecular weight is 213 g/mol. The molecule has 0 atom stereocenters. The van der Waals surface area contributed by atoms with Crippen LogP contribution < -0.4 is 4.31 Å². The second-order valence-corrected chi connectivity index (χ2v) is 4.36. The van der Waals surface area contributed by atoms with Crippen molar-refractivity contribution in [3.63, 3.8) is 0 Å². The molecule has 1 rings (SSSR count). The molecule has 0 amide bonds. The van der Waals surface area contributed by atoms with E-state index in [-0.39, 0.29) is 11.5 Å². The average Bonchev–Trinajstić information content (AvgIpc) is 2.17. The van der Waals surface area contributed by atoms with Crippen molar-refractivity contribution >= 4 is 15.8 Å². The van der Waals surface area contributed by atoms with E-state index in [1.165, 1.54) is 12.4 Å². The van der Waals surface area contributed by atoms with Crippen molar-refractivity contribution in [2.45, 2.75) is 0 Å². The van der Waals surface area contributed by atoms with Crippen molar-refractivity contribution in [3.8, 4) is 6.07 Å². The molecule has 1 aromatic heterocycles. The molecule has 0 aliphatic rings. The third-order valence-electron chi connectivity index (χ3n) is 1.42. The lowest BCUT2D eigenvalue weighted by Crippen LogP contribution is -2.26. The van der Waals surface area contributed by atoms with Gasteiger partial charge >= 0.3 is 0 Å². The van der Waals surface area contributed by atoms with Crippen LogP contribution in [0.15, 0.2) is 12.4 Å². The molecular weight excluding hydrogens is 204 g/mol. The van der Waals surface area contributed by atoms with Gasteiger partial charge in [0, 0.05) is 20.8 Å². The zero-order valence-corrected chi connectivity index (χ0v) is 8.19. The van der Waals surface area contributed by atoms with Gasteiger partial charge in [0.1, 0.15) is 6.07 Å². The summed E-state index contributed by atoms with van der Waals surface area (Å²) < 4.78 is 30.3. The Bertz CT molecular complexity index is 496. The van der Waals surface area contributed by atoms with Crippen LogP contribution in [0.5, 0.6) is 0 Å². The van der Waals surface area contributed by atoms with Gasteiger partial charge in [-0.3, -0.25) is 4.31 Å². The summed E-state index contributed by atoms with van der Waals surface area (Å²) in [4.78, 5) is 7.40. The maximum atomic E-state index is 11.3. The standard InChI is InChI=1S/C7H8N4O2S/c1-11(14(2,12)13)7-6(5-8)9-3-4-10-7/h3-4H,1-2H3/i1D. The molecule has 14 heavy (non-hydrogen) atoms. The number of hydrogen-bond donors (Lipinski definition) is 0. The van der Waals surface area contributed by atoms with Crippen LogP contribution in [0.4, 0.5) is 5.82 Å². The van der Waals surface area contributed by atoms with E-state index in [0.717, 1.165) is 6.26 Å². The third kappa shape index (κ3) is 1.97. The lowest BCUT2D eigenvalue weighted by molar-refractivity contribution is 0.599. The van der Waals surface area contributed by atoms with E-state index in [1.54, 1.807) is 6.07 Å². The number of hydrogen-bond acceptors (Lipinski definition) is 5. The SMILES string of the molecule is [2H]CN(c1nccnc1C#N)S(C)(=O)=O. The minimum Gasteiger partial charge on any atom is -0.255 e. The minimum absolute atomic E-state index is 0.113. The van der Waals surface area contributed by atoms with Crippen molar-refractivity contribution in [2.24, 2.45) is 0 Å². The first-order chi connectivity index (χ1) is 7.00. The third-order valence-corrected chi connectivity index (χ3v) is 2.39. The first-order valence-electron chi connectivity index (χ1n) is 4.19. The van der Waals surface area contributed by atoms with E-state index < -0.39 is 17.0 Å². The van der Waals surface area contributed by atoms with Crippen molar-refractivity contribution in [3.05, 3.63) is 18.1 Å². The van der Waals surface area contributed by atoms with Crippen molar-refractivity contribution in [1.82, 2.24) is 9.97 Å². The molecule has 0 fully saturated rings. The Kier molecular flexibility index (Phi) is 2.28. The molecule has 7 heteroatoms. The van der Waals surface area contributed by atoms with Gasteiger partial charge in [-0.25, -0.2) is 18.4 Å². The van der Waals surface area contributed by atoms with Crippen molar-refractivity contribution in [2.75, 3.05) is 17.6 Å². The van der Waals surface area contributed by atoms with Gasteiger partial charge in [-0.05, 0) is 0 Å². The van der Waals surface area contributed by atoms with Crippen LogP contribution in [0.3, 0.4) is 0 Å². The lowest BCUT2D eigenvalue weighted by Gasteiger charge is -2.15. The summed E-state index contributed by atoms with van der Waals surface area (Å²) in [7, 11) is -4.14. The maximum absolute atomic E-state index is 11.3. The van der Waals surface area contributed by atoms with Crippen LogP contribution in [0.25, 0.3) is 0 Å². The molecule has 0 aliphatic heterocycles. The van der Waals surface area contributed by atoms with Gasteiger partial charge in [-0.2, -0.15) is 5.26 Å². The molecule has 0 unspecified atom stereocenters. The van der Waals surface area contributed by atoms with Crippen LogP contribution >= 0.6 is 0 Å². The van der Waals surface area contributed by atoms with Crippen LogP contribution in [0.1, 0.15) is 7.06 Å². The quantitative estimate of drug-likeness (QED) is 0.675. The number of nitriles is 1. The zero-order valence-electron chi connectivity index (χ0n) is 8.38. The summed E-state index contributed by atoms with van der Waals surface area (Å²) in [6, 6.07) is 1.72. The predicted molar refractivity (Wildman–Crippen MR) is 50.0 cm³/mol. The van der Waals surface area contributed by atoms with Gasteiger partial charge in [0.2, 0.25) is 10.0 Å². The molecule has 74 valence electrons. The highest BCUT2D eigenvalue weighted by Crippen LogP contribution is 2.14. The summed E-state index contributed by atoms with van der Waals surface area (Å²) in [5, 5.41) is 8.69. The smallest absolute Gasteiger partial charge is 0.233 e. The van der Waals surface area contributed by atoms with Gasteiger partial charge in [0.15, 0.2) is 11.5 Å². The molecule has 0 aromatic carbocycles. The molecule has 0 aliphatic carbocycles. The second kappa shape index (κ2) is 3.59. The largest absolute Gasteiger partial charge is 0.255 e. The normalized spacial score (nSPS) is 11.6. The topological polar surface area (TPSA) is 86.9 Å². The minimum atomic E-state index is -3.61. The van der Waals surface area contributed by atoms with E-state index in [9.17, 15) is 8.42 Å². The fourth-order valence-electron chi connectivity index (χ4n) is 0.749. The maximum Gasteiger partial charge on any atom is 0.233 e. The van der Waals surface area contributed by atoms with E-state index in [0.29, 0.717) is 4.31 Å². The van der Waals surface area contributed by atoms with Gasteiger partial charge in [0.25, 0.3) is 0 Å². The first kappa shape index (κ1) is 8.90.